The summed E-state index contributed by atoms with van der Waals surface area (Å²) >= 11 is 0. The number of nitrogens with zero attached hydrogens (tertiary/aromatic N) is 1. The number of methoxy groups -OCH3 is 2. The summed E-state index contributed by atoms with van der Waals surface area (Å²) in [6, 6.07) is 3.61. The van der Waals surface area contributed by atoms with E-state index in [-0.39, 0.29) is 18.5 Å². The molecule has 1 aliphatic rings. The number of carbonyl (C=O) groups excluding carboxylic acids is 1. The van der Waals surface area contributed by atoms with Crippen LogP contribution < -0.4 is 9.47 Å². The zero-order valence-electron chi connectivity index (χ0n) is 11.8. The monoisotopic (exact) mass is 295 g/mol. The summed E-state index contributed by atoms with van der Waals surface area (Å²) in [6.07, 6.45) is -0.801. The lowest BCUT2D eigenvalue weighted by molar-refractivity contribution is -0.141. The third-order valence-corrected chi connectivity index (χ3v) is 3.42. The fourth-order valence-electron chi connectivity index (χ4n) is 2.37. The van der Waals surface area contributed by atoms with Crippen molar-refractivity contribution < 1.29 is 29.3 Å². The SMILES string of the molecule is COc1cc(OC)cc(C(=O)N2CC(O)C[C@H]2C(=O)O)c1. The molecule has 1 unspecified atom stereocenters. The van der Waals surface area contributed by atoms with Crippen molar-refractivity contribution in [2.24, 2.45) is 0 Å². The molecule has 0 aromatic heterocycles. The molecule has 2 atom stereocenters. The standard InChI is InChI=1S/C14H17NO6/c1-20-10-3-8(4-11(6-10)21-2)13(17)15-7-9(16)5-12(15)14(18)19/h3-4,6,9,12,16H,5,7H2,1-2H3,(H,18,19)/t9?,12-/m0/s1. The van der Waals surface area contributed by atoms with Crippen molar-refractivity contribution in [1.82, 2.24) is 4.90 Å². The number of rotatable bonds is 4. The van der Waals surface area contributed by atoms with Gasteiger partial charge in [0.2, 0.25) is 0 Å². The van der Waals surface area contributed by atoms with Crippen molar-refractivity contribution in [2.75, 3.05) is 20.8 Å². The molecule has 1 saturated heterocycles. The molecule has 0 bridgehead atoms. The Balaban J connectivity index is 2.32. The lowest BCUT2D eigenvalue weighted by Gasteiger charge is -2.21. The number of carboxylic acids is 1. The topological polar surface area (TPSA) is 96.3 Å². The van der Waals surface area contributed by atoms with Crippen molar-refractivity contribution in [1.29, 1.82) is 0 Å². The number of carbonyl (C=O) groups is 2. The Labute approximate surface area is 121 Å². The molecule has 7 heteroatoms. The van der Waals surface area contributed by atoms with Crippen LogP contribution >= 0.6 is 0 Å². The van der Waals surface area contributed by atoms with E-state index in [9.17, 15) is 14.7 Å². The molecule has 21 heavy (non-hydrogen) atoms. The number of ether oxygens (including phenoxy) is 2. The first-order valence-electron chi connectivity index (χ1n) is 6.41. The summed E-state index contributed by atoms with van der Waals surface area (Å²) < 4.78 is 10.2. The molecule has 1 aliphatic heterocycles. The molecule has 114 valence electrons. The molecular weight excluding hydrogens is 278 g/mol. The van der Waals surface area contributed by atoms with E-state index in [2.05, 4.69) is 0 Å². The molecule has 2 N–H and O–H groups in total. The van der Waals surface area contributed by atoms with Crippen LogP contribution in [-0.2, 0) is 4.79 Å². The summed E-state index contributed by atoms with van der Waals surface area (Å²) in [6.45, 7) is -0.00464. The molecule has 7 nitrogen and oxygen atoms in total. The Morgan fingerprint density at radius 3 is 2.24 bits per heavy atom. The lowest BCUT2D eigenvalue weighted by atomic mass is 10.1. The molecule has 0 aliphatic carbocycles. The Bertz CT molecular complexity index is 536. The van der Waals surface area contributed by atoms with Crippen LogP contribution in [0.4, 0.5) is 0 Å². The molecule has 1 amide bonds. The molecule has 2 rings (SSSR count). The van der Waals surface area contributed by atoms with Gasteiger partial charge in [-0.25, -0.2) is 4.79 Å². The molecule has 1 fully saturated rings. The highest BCUT2D eigenvalue weighted by atomic mass is 16.5. The summed E-state index contributed by atoms with van der Waals surface area (Å²) in [5, 5.41) is 18.8. The van der Waals surface area contributed by atoms with Gasteiger partial charge in [0.15, 0.2) is 0 Å². The van der Waals surface area contributed by atoms with Crippen molar-refractivity contribution in [2.45, 2.75) is 18.6 Å². The van der Waals surface area contributed by atoms with Crippen LogP contribution in [0.1, 0.15) is 16.8 Å². The molecule has 1 aromatic rings. The number of likely N-dealkylation sites (tertiary alicyclic amines) is 1. The number of hydrogen-bond acceptors (Lipinski definition) is 5. The largest absolute Gasteiger partial charge is 0.497 e. The van der Waals surface area contributed by atoms with Gasteiger partial charge in [-0.1, -0.05) is 0 Å². The van der Waals surface area contributed by atoms with Gasteiger partial charge in [0.25, 0.3) is 5.91 Å². The Hall–Kier alpha value is -2.28. The van der Waals surface area contributed by atoms with E-state index in [1.807, 2.05) is 0 Å². The van der Waals surface area contributed by atoms with Crippen LogP contribution in [0, 0.1) is 0 Å². The van der Waals surface area contributed by atoms with Gasteiger partial charge in [0.1, 0.15) is 17.5 Å². The van der Waals surface area contributed by atoms with Crippen molar-refractivity contribution in [3.05, 3.63) is 23.8 Å². The molecule has 0 saturated carbocycles. The van der Waals surface area contributed by atoms with Crippen molar-refractivity contribution in [3.63, 3.8) is 0 Å². The fraction of sp³-hybridized carbons (Fsp3) is 0.429. The maximum atomic E-state index is 12.5. The van der Waals surface area contributed by atoms with Gasteiger partial charge in [-0.05, 0) is 12.1 Å². The fourth-order valence-corrected chi connectivity index (χ4v) is 2.37. The van der Waals surface area contributed by atoms with Gasteiger partial charge < -0.3 is 24.6 Å². The number of carboxylic acid groups (broad SMARTS) is 1. The van der Waals surface area contributed by atoms with E-state index in [0.29, 0.717) is 11.5 Å². The summed E-state index contributed by atoms with van der Waals surface area (Å²) in [7, 11) is 2.92. The van der Waals surface area contributed by atoms with Gasteiger partial charge in [-0.2, -0.15) is 0 Å². The van der Waals surface area contributed by atoms with Gasteiger partial charge >= 0.3 is 5.97 Å². The Morgan fingerprint density at radius 2 is 1.76 bits per heavy atom. The van der Waals surface area contributed by atoms with Crippen LogP contribution in [0.2, 0.25) is 0 Å². The number of amides is 1. The van der Waals surface area contributed by atoms with Crippen LogP contribution in [0.5, 0.6) is 11.5 Å². The highest BCUT2D eigenvalue weighted by Crippen LogP contribution is 2.26. The normalized spacial score (nSPS) is 21.2. The first-order valence-corrected chi connectivity index (χ1v) is 6.41. The highest BCUT2D eigenvalue weighted by molar-refractivity contribution is 5.97. The van der Waals surface area contributed by atoms with Crippen LogP contribution in [0.15, 0.2) is 18.2 Å². The molecule has 1 aromatic carbocycles. The number of aliphatic hydroxyl groups is 1. The quantitative estimate of drug-likeness (QED) is 0.833. The number of benzene rings is 1. The van der Waals surface area contributed by atoms with Crippen molar-refractivity contribution >= 4 is 11.9 Å². The first-order chi connectivity index (χ1) is 9.96. The minimum absolute atomic E-state index is 0.00464. The van der Waals surface area contributed by atoms with E-state index in [1.54, 1.807) is 6.07 Å². The van der Waals surface area contributed by atoms with E-state index in [0.717, 1.165) is 4.90 Å². The second-order valence-electron chi connectivity index (χ2n) is 4.80. The zero-order valence-corrected chi connectivity index (χ0v) is 11.8. The minimum atomic E-state index is -1.13. The second-order valence-corrected chi connectivity index (χ2v) is 4.80. The van der Waals surface area contributed by atoms with Crippen LogP contribution in [0.3, 0.4) is 0 Å². The van der Waals surface area contributed by atoms with Gasteiger partial charge in [-0.15, -0.1) is 0 Å². The third-order valence-electron chi connectivity index (χ3n) is 3.42. The van der Waals surface area contributed by atoms with Gasteiger partial charge in [-0.3, -0.25) is 4.79 Å². The highest BCUT2D eigenvalue weighted by Gasteiger charge is 2.39. The number of aliphatic carboxylic acids is 1. The Morgan fingerprint density at radius 1 is 1.19 bits per heavy atom. The second kappa shape index (κ2) is 6.01. The van der Waals surface area contributed by atoms with Gasteiger partial charge in [0, 0.05) is 24.6 Å². The van der Waals surface area contributed by atoms with Crippen molar-refractivity contribution in [3.8, 4) is 11.5 Å². The average Bonchev–Trinajstić information content (AvgIpc) is 2.88. The smallest absolute Gasteiger partial charge is 0.326 e. The maximum absolute atomic E-state index is 12.5. The lowest BCUT2D eigenvalue weighted by Crippen LogP contribution is -2.40. The predicted octanol–water partition coefficient (Wildman–Crippen LogP) is 0.364. The molecule has 1 heterocycles. The van der Waals surface area contributed by atoms with Crippen LogP contribution in [-0.4, -0.2) is 59.9 Å². The first kappa shape index (κ1) is 15.1. The van der Waals surface area contributed by atoms with E-state index >= 15 is 0 Å². The number of β-amino-alcohol motifs (C(OH)–C–C–N with tert-alkyl or cyclic N) is 1. The zero-order chi connectivity index (χ0) is 15.6. The number of aliphatic hydroxyl groups excluding tert-OH is 1. The predicted molar refractivity (Wildman–Crippen MR) is 72.6 cm³/mol. The molecule has 0 radical (unpaired) electrons. The average molecular weight is 295 g/mol. The maximum Gasteiger partial charge on any atom is 0.326 e. The van der Waals surface area contributed by atoms with Gasteiger partial charge in [0.05, 0.1) is 20.3 Å². The minimum Gasteiger partial charge on any atom is -0.497 e. The van der Waals surface area contributed by atoms with E-state index in [1.165, 1.54) is 26.4 Å². The Kier molecular flexibility index (Phi) is 4.32. The molecular formula is C14H17NO6. The third kappa shape index (κ3) is 3.08. The molecule has 0 spiro atoms. The summed E-state index contributed by atoms with van der Waals surface area (Å²) in [4.78, 5) is 24.8. The summed E-state index contributed by atoms with van der Waals surface area (Å²) in [5.74, 6) is -0.737. The van der Waals surface area contributed by atoms with Crippen LogP contribution in [0.25, 0.3) is 0 Å². The van der Waals surface area contributed by atoms with E-state index < -0.39 is 24.0 Å². The number of hydrogen-bond donors (Lipinski definition) is 2. The summed E-state index contributed by atoms with van der Waals surface area (Å²) in [5.41, 5.74) is 0.256. The van der Waals surface area contributed by atoms with E-state index in [4.69, 9.17) is 14.6 Å².